The Kier molecular flexibility index (Phi) is 4.73. The largest absolute Gasteiger partial charge is 0.497 e. The van der Waals surface area contributed by atoms with Crippen LogP contribution in [0.25, 0.3) is 0 Å². The lowest BCUT2D eigenvalue weighted by Gasteiger charge is -2.35. The molecule has 21 heavy (non-hydrogen) atoms. The lowest BCUT2D eigenvalue weighted by Crippen LogP contribution is -2.54. The first-order valence-corrected chi connectivity index (χ1v) is 7.32. The van der Waals surface area contributed by atoms with Gasteiger partial charge in [-0.2, -0.15) is 0 Å². The molecule has 0 aromatic heterocycles. The van der Waals surface area contributed by atoms with Gasteiger partial charge in [0, 0.05) is 26.2 Å². The number of amides is 2. The summed E-state index contributed by atoms with van der Waals surface area (Å²) < 4.78 is 5.17. The van der Waals surface area contributed by atoms with Gasteiger partial charge in [0.1, 0.15) is 5.75 Å². The number of nitrogens with zero attached hydrogens (tertiary/aromatic N) is 2. The Morgan fingerprint density at radius 2 is 1.71 bits per heavy atom. The van der Waals surface area contributed by atoms with Crippen molar-refractivity contribution in [1.82, 2.24) is 15.1 Å². The molecule has 1 fully saturated rings. The second kappa shape index (κ2) is 6.35. The number of carbonyl (C=O) groups excluding carboxylic acids is 1. The van der Waals surface area contributed by atoms with Crippen LogP contribution in [0.15, 0.2) is 24.3 Å². The molecule has 5 heteroatoms. The van der Waals surface area contributed by atoms with E-state index in [1.807, 2.05) is 43.0 Å². The maximum Gasteiger partial charge on any atom is 0.318 e. The fourth-order valence-corrected chi connectivity index (χ4v) is 2.44. The van der Waals surface area contributed by atoms with Crippen molar-refractivity contribution >= 4 is 6.03 Å². The highest BCUT2D eigenvalue weighted by Gasteiger charge is 2.27. The van der Waals surface area contributed by atoms with E-state index in [4.69, 9.17) is 4.74 Å². The van der Waals surface area contributed by atoms with E-state index in [1.54, 1.807) is 7.11 Å². The molecule has 1 aliphatic rings. The van der Waals surface area contributed by atoms with Crippen molar-refractivity contribution in [2.24, 2.45) is 0 Å². The number of ether oxygens (including phenoxy) is 1. The Labute approximate surface area is 126 Å². The summed E-state index contributed by atoms with van der Waals surface area (Å²) in [5.41, 5.74) is 0.651. The zero-order chi connectivity index (χ0) is 15.5. The highest BCUT2D eigenvalue weighted by molar-refractivity contribution is 5.75. The molecule has 0 bridgehead atoms. The minimum absolute atomic E-state index is 0.00363. The number of likely N-dealkylation sites (N-methyl/N-ethyl adjacent to an activating group) is 1. The lowest BCUT2D eigenvalue weighted by molar-refractivity contribution is 0.147. The van der Waals surface area contributed by atoms with Crippen LogP contribution in [0.5, 0.6) is 5.75 Å². The first-order chi connectivity index (χ1) is 9.92. The van der Waals surface area contributed by atoms with Crippen molar-refractivity contribution < 1.29 is 9.53 Å². The summed E-state index contributed by atoms with van der Waals surface area (Å²) in [5, 5.41) is 3.12. The predicted molar refractivity (Wildman–Crippen MR) is 83.6 cm³/mol. The number of hydrogen-bond donors (Lipinski definition) is 1. The molecule has 0 radical (unpaired) electrons. The van der Waals surface area contributed by atoms with Crippen LogP contribution in [-0.2, 0) is 5.54 Å². The van der Waals surface area contributed by atoms with Crippen molar-refractivity contribution in [3.8, 4) is 5.75 Å². The zero-order valence-corrected chi connectivity index (χ0v) is 13.3. The summed E-state index contributed by atoms with van der Waals surface area (Å²) in [6.45, 7) is 7.44. The molecule has 0 saturated carbocycles. The molecule has 2 amide bonds. The van der Waals surface area contributed by atoms with Crippen LogP contribution in [-0.4, -0.2) is 56.2 Å². The monoisotopic (exact) mass is 291 g/mol. The molecule has 1 saturated heterocycles. The maximum absolute atomic E-state index is 12.4. The van der Waals surface area contributed by atoms with Gasteiger partial charge in [-0.1, -0.05) is 12.1 Å². The third-order valence-electron chi connectivity index (χ3n) is 4.02. The highest BCUT2D eigenvalue weighted by atomic mass is 16.5. The normalized spacial score (nSPS) is 16.7. The smallest absolute Gasteiger partial charge is 0.318 e. The molecule has 0 spiro atoms. The summed E-state index contributed by atoms with van der Waals surface area (Å²) in [6.07, 6.45) is 0. The SMILES string of the molecule is COc1ccc(C(C)(C)NC(=O)N2CCN(C)CC2)cc1. The van der Waals surface area contributed by atoms with Gasteiger partial charge in [-0.15, -0.1) is 0 Å². The molecule has 5 nitrogen and oxygen atoms in total. The molecule has 1 aromatic carbocycles. The van der Waals surface area contributed by atoms with Gasteiger partial charge < -0.3 is 19.9 Å². The number of rotatable bonds is 3. The molecular weight excluding hydrogens is 266 g/mol. The number of hydrogen-bond acceptors (Lipinski definition) is 3. The summed E-state index contributed by atoms with van der Waals surface area (Å²) in [6, 6.07) is 7.81. The zero-order valence-electron chi connectivity index (χ0n) is 13.3. The Hall–Kier alpha value is -1.75. The molecule has 0 unspecified atom stereocenters. The second-order valence-corrected chi connectivity index (χ2v) is 6.07. The minimum atomic E-state index is -0.410. The quantitative estimate of drug-likeness (QED) is 0.925. The molecule has 116 valence electrons. The maximum atomic E-state index is 12.4. The van der Waals surface area contributed by atoms with Crippen LogP contribution in [0.2, 0.25) is 0 Å². The standard InChI is InChI=1S/C16H25N3O2/c1-16(2,13-5-7-14(21-4)8-6-13)17-15(20)19-11-9-18(3)10-12-19/h5-8H,9-12H2,1-4H3,(H,17,20). The molecule has 1 aromatic rings. The summed E-state index contributed by atoms with van der Waals surface area (Å²) in [5.74, 6) is 0.819. The van der Waals surface area contributed by atoms with Gasteiger partial charge in [-0.25, -0.2) is 4.79 Å². The number of benzene rings is 1. The number of methoxy groups -OCH3 is 1. The fourth-order valence-electron chi connectivity index (χ4n) is 2.44. The average Bonchev–Trinajstić information content (AvgIpc) is 2.47. The number of carbonyl (C=O) groups is 1. The van der Waals surface area contributed by atoms with Crippen LogP contribution in [0.1, 0.15) is 19.4 Å². The van der Waals surface area contributed by atoms with Crippen molar-refractivity contribution in [2.45, 2.75) is 19.4 Å². The molecule has 0 aliphatic carbocycles. The molecule has 2 rings (SSSR count). The predicted octanol–water partition coefficient (Wildman–Crippen LogP) is 1.89. The van der Waals surface area contributed by atoms with Crippen LogP contribution in [0.3, 0.4) is 0 Å². The van der Waals surface area contributed by atoms with E-state index in [0.717, 1.165) is 37.5 Å². The van der Waals surface area contributed by atoms with Gasteiger partial charge >= 0.3 is 6.03 Å². The fraction of sp³-hybridized carbons (Fsp3) is 0.562. The molecular formula is C16H25N3O2. The van der Waals surface area contributed by atoms with Gasteiger partial charge in [0.25, 0.3) is 0 Å². The third kappa shape index (κ3) is 3.88. The van der Waals surface area contributed by atoms with Crippen LogP contribution < -0.4 is 10.1 Å². The molecule has 1 heterocycles. The van der Waals surface area contributed by atoms with Crippen LogP contribution >= 0.6 is 0 Å². The van der Waals surface area contributed by atoms with Gasteiger partial charge in [-0.3, -0.25) is 0 Å². The van der Waals surface area contributed by atoms with E-state index >= 15 is 0 Å². The first-order valence-electron chi connectivity index (χ1n) is 7.32. The van der Waals surface area contributed by atoms with Crippen LogP contribution in [0.4, 0.5) is 4.79 Å². The van der Waals surface area contributed by atoms with E-state index in [0.29, 0.717) is 0 Å². The average molecular weight is 291 g/mol. The molecule has 1 aliphatic heterocycles. The number of urea groups is 1. The topological polar surface area (TPSA) is 44.8 Å². The first kappa shape index (κ1) is 15.6. The Bertz CT molecular complexity index is 477. The van der Waals surface area contributed by atoms with Gasteiger partial charge in [-0.05, 0) is 38.6 Å². The minimum Gasteiger partial charge on any atom is -0.497 e. The second-order valence-electron chi connectivity index (χ2n) is 6.07. The molecule has 0 atom stereocenters. The van der Waals surface area contributed by atoms with Gasteiger partial charge in [0.2, 0.25) is 0 Å². The van der Waals surface area contributed by atoms with Crippen molar-refractivity contribution in [1.29, 1.82) is 0 Å². The highest BCUT2D eigenvalue weighted by Crippen LogP contribution is 2.23. The van der Waals surface area contributed by atoms with Crippen molar-refractivity contribution in [3.63, 3.8) is 0 Å². The summed E-state index contributed by atoms with van der Waals surface area (Å²) in [4.78, 5) is 16.5. The van der Waals surface area contributed by atoms with E-state index in [1.165, 1.54) is 0 Å². The van der Waals surface area contributed by atoms with Crippen molar-refractivity contribution in [3.05, 3.63) is 29.8 Å². The third-order valence-corrected chi connectivity index (χ3v) is 4.02. The van der Waals surface area contributed by atoms with Crippen LogP contribution in [0, 0.1) is 0 Å². The van der Waals surface area contributed by atoms with Gasteiger partial charge in [0.05, 0.1) is 12.6 Å². The number of piperazine rings is 1. The summed E-state index contributed by atoms with van der Waals surface area (Å²) >= 11 is 0. The van der Waals surface area contributed by atoms with Gasteiger partial charge in [0.15, 0.2) is 0 Å². The molecule has 1 N–H and O–H groups in total. The van der Waals surface area contributed by atoms with E-state index in [-0.39, 0.29) is 6.03 Å². The Balaban J connectivity index is 2.00. The number of nitrogens with one attached hydrogen (secondary N) is 1. The van der Waals surface area contributed by atoms with Crippen molar-refractivity contribution in [2.75, 3.05) is 40.3 Å². The Morgan fingerprint density at radius 3 is 2.24 bits per heavy atom. The Morgan fingerprint density at radius 1 is 1.14 bits per heavy atom. The van der Waals surface area contributed by atoms with E-state index < -0.39 is 5.54 Å². The summed E-state index contributed by atoms with van der Waals surface area (Å²) in [7, 11) is 3.73. The van der Waals surface area contributed by atoms with E-state index in [2.05, 4.69) is 17.3 Å². The lowest BCUT2D eigenvalue weighted by atomic mass is 9.94. The van der Waals surface area contributed by atoms with E-state index in [9.17, 15) is 4.79 Å².